The van der Waals surface area contributed by atoms with Crippen molar-refractivity contribution in [1.29, 1.82) is 0 Å². The Morgan fingerprint density at radius 3 is 2.67 bits per heavy atom. The van der Waals surface area contributed by atoms with Crippen LogP contribution in [0.25, 0.3) is 0 Å². The number of methoxy groups -OCH3 is 1. The van der Waals surface area contributed by atoms with Crippen molar-refractivity contribution in [3.05, 3.63) is 23.8 Å². The van der Waals surface area contributed by atoms with E-state index in [1.165, 1.54) is 7.11 Å². The van der Waals surface area contributed by atoms with E-state index in [-0.39, 0.29) is 18.2 Å². The zero-order chi connectivity index (χ0) is 11.4. The second-order valence-corrected chi connectivity index (χ2v) is 3.49. The highest BCUT2D eigenvalue weighted by Crippen LogP contribution is 2.35. The van der Waals surface area contributed by atoms with Crippen LogP contribution in [0.2, 0.25) is 0 Å². The molecule has 4 nitrogen and oxygen atoms in total. The van der Waals surface area contributed by atoms with Crippen molar-refractivity contribution in [3.8, 4) is 11.5 Å². The zero-order valence-electron chi connectivity index (χ0n) is 8.97. The van der Waals surface area contributed by atoms with Gasteiger partial charge in [0.05, 0.1) is 13.2 Å². The summed E-state index contributed by atoms with van der Waals surface area (Å²) in [4.78, 5) is 0. The van der Waals surface area contributed by atoms with E-state index < -0.39 is 6.10 Å². The summed E-state index contributed by atoms with van der Waals surface area (Å²) in [6, 6.07) is 5.07. The molecule has 0 spiro atoms. The number of rotatable bonds is 4. The summed E-state index contributed by atoms with van der Waals surface area (Å²) in [5.41, 5.74) is 6.15. The molecule has 1 aromatic rings. The lowest BCUT2D eigenvalue weighted by molar-refractivity contribution is 0.156. The number of nitrogens with two attached hydrogens (primary N) is 1. The van der Waals surface area contributed by atoms with Crippen molar-refractivity contribution in [2.75, 3.05) is 13.7 Å². The van der Waals surface area contributed by atoms with Crippen LogP contribution in [0.15, 0.2) is 18.2 Å². The molecule has 2 atom stereocenters. The van der Waals surface area contributed by atoms with Gasteiger partial charge >= 0.3 is 0 Å². The Morgan fingerprint density at radius 1 is 1.47 bits per heavy atom. The molecule has 0 aliphatic carbocycles. The summed E-state index contributed by atoms with van der Waals surface area (Å²) in [6.07, 6.45) is -0.638. The number of benzene rings is 1. The van der Waals surface area contributed by atoms with E-state index in [2.05, 4.69) is 0 Å². The fraction of sp³-hybridized carbons (Fsp3) is 0.455. The molecule has 2 unspecified atom stereocenters. The van der Waals surface area contributed by atoms with Gasteiger partial charge in [0, 0.05) is 18.0 Å². The lowest BCUT2D eigenvalue weighted by atomic mass is 9.94. The predicted octanol–water partition coefficient (Wildman–Crippen LogP) is 0.824. The molecule has 0 saturated heterocycles. The lowest BCUT2D eigenvalue weighted by Gasteiger charge is -2.20. The number of hydrogen-bond donors (Lipinski definition) is 3. The predicted molar refractivity (Wildman–Crippen MR) is 58.1 cm³/mol. The number of phenols is 1. The summed E-state index contributed by atoms with van der Waals surface area (Å²) in [6.45, 7) is 2.02. The molecule has 15 heavy (non-hydrogen) atoms. The van der Waals surface area contributed by atoms with Gasteiger partial charge in [-0.05, 0) is 6.07 Å². The average molecular weight is 211 g/mol. The van der Waals surface area contributed by atoms with E-state index in [1.54, 1.807) is 12.1 Å². The number of aliphatic hydroxyl groups is 1. The van der Waals surface area contributed by atoms with E-state index >= 15 is 0 Å². The third kappa shape index (κ3) is 2.40. The first-order valence-electron chi connectivity index (χ1n) is 4.85. The first-order chi connectivity index (χ1) is 7.11. The molecule has 0 saturated carbocycles. The molecule has 1 rings (SSSR count). The van der Waals surface area contributed by atoms with Crippen LogP contribution in [0.3, 0.4) is 0 Å². The summed E-state index contributed by atoms with van der Waals surface area (Å²) in [5, 5.41) is 19.2. The number of phenolic OH excluding ortho intramolecular Hbond substituents is 1. The molecular formula is C11H17NO3. The molecular weight excluding hydrogens is 194 g/mol. The number of hydrogen-bond acceptors (Lipinski definition) is 4. The molecule has 0 aromatic heterocycles. The van der Waals surface area contributed by atoms with Crippen LogP contribution < -0.4 is 10.5 Å². The monoisotopic (exact) mass is 211 g/mol. The quantitative estimate of drug-likeness (QED) is 0.689. The van der Waals surface area contributed by atoms with E-state index in [1.807, 2.05) is 13.0 Å². The SMILES string of the molecule is COc1c(O)cccc1C(C)C(O)CN. The van der Waals surface area contributed by atoms with Crippen molar-refractivity contribution in [3.63, 3.8) is 0 Å². The zero-order valence-corrected chi connectivity index (χ0v) is 8.97. The molecule has 0 amide bonds. The third-order valence-corrected chi connectivity index (χ3v) is 2.54. The summed E-state index contributed by atoms with van der Waals surface area (Å²) >= 11 is 0. The Bertz CT molecular complexity index is 328. The molecule has 0 aliphatic heterocycles. The van der Waals surface area contributed by atoms with Crippen LogP contribution >= 0.6 is 0 Å². The topological polar surface area (TPSA) is 75.7 Å². The molecule has 0 bridgehead atoms. The highest BCUT2D eigenvalue weighted by molar-refractivity contribution is 5.47. The van der Waals surface area contributed by atoms with Gasteiger partial charge in [0.1, 0.15) is 0 Å². The smallest absolute Gasteiger partial charge is 0.164 e. The van der Waals surface area contributed by atoms with Crippen LogP contribution in [-0.2, 0) is 0 Å². The van der Waals surface area contributed by atoms with Crippen molar-refractivity contribution in [2.45, 2.75) is 18.9 Å². The van der Waals surface area contributed by atoms with Gasteiger partial charge in [-0.3, -0.25) is 0 Å². The first kappa shape index (κ1) is 11.8. The maximum Gasteiger partial charge on any atom is 0.164 e. The first-order valence-corrected chi connectivity index (χ1v) is 4.85. The Labute approximate surface area is 89.3 Å². The Kier molecular flexibility index (Phi) is 3.94. The maximum absolute atomic E-state index is 9.63. The van der Waals surface area contributed by atoms with Gasteiger partial charge in [-0.25, -0.2) is 0 Å². The van der Waals surface area contributed by atoms with Crippen molar-refractivity contribution in [2.24, 2.45) is 5.73 Å². The van der Waals surface area contributed by atoms with Crippen molar-refractivity contribution in [1.82, 2.24) is 0 Å². The highest BCUT2D eigenvalue weighted by atomic mass is 16.5. The minimum Gasteiger partial charge on any atom is -0.504 e. The lowest BCUT2D eigenvalue weighted by Crippen LogP contribution is -2.25. The third-order valence-electron chi connectivity index (χ3n) is 2.54. The van der Waals surface area contributed by atoms with Gasteiger partial charge in [0.2, 0.25) is 0 Å². The minimum absolute atomic E-state index is 0.0751. The second kappa shape index (κ2) is 5.00. The van der Waals surface area contributed by atoms with E-state index in [9.17, 15) is 10.2 Å². The van der Waals surface area contributed by atoms with E-state index in [0.29, 0.717) is 5.75 Å². The summed E-state index contributed by atoms with van der Waals surface area (Å²) < 4.78 is 5.09. The molecule has 4 N–H and O–H groups in total. The van der Waals surface area contributed by atoms with E-state index in [4.69, 9.17) is 10.5 Å². The van der Waals surface area contributed by atoms with Crippen LogP contribution in [0.4, 0.5) is 0 Å². The summed E-state index contributed by atoms with van der Waals surface area (Å²) in [7, 11) is 1.49. The summed E-state index contributed by atoms with van der Waals surface area (Å²) in [5.74, 6) is 0.306. The van der Waals surface area contributed by atoms with Gasteiger partial charge in [-0.2, -0.15) is 0 Å². The van der Waals surface area contributed by atoms with E-state index in [0.717, 1.165) is 5.56 Å². The second-order valence-electron chi connectivity index (χ2n) is 3.49. The molecule has 0 aliphatic rings. The number of aromatic hydroxyl groups is 1. The van der Waals surface area contributed by atoms with Gasteiger partial charge in [-0.1, -0.05) is 19.1 Å². The largest absolute Gasteiger partial charge is 0.504 e. The van der Waals surface area contributed by atoms with Crippen LogP contribution in [0.5, 0.6) is 11.5 Å². The number of ether oxygens (including phenoxy) is 1. The Hall–Kier alpha value is -1.26. The Morgan fingerprint density at radius 2 is 2.13 bits per heavy atom. The van der Waals surface area contributed by atoms with Gasteiger partial charge < -0.3 is 20.7 Å². The van der Waals surface area contributed by atoms with Crippen LogP contribution in [-0.4, -0.2) is 30.0 Å². The van der Waals surface area contributed by atoms with Gasteiger partial charge in [0.15, 0.2) is 11.5 Å². The van der Waals surface area contributed by atoms with Gasteiger partial charge in [-0.15, -0.1) is 0 Å². The molecule has 0 radical (unpaired) electrons. The highest BCUT2D eigenvalue weighted by Gasteiger charge is 2.20. The molecule has 0 heterocycles. The molecule has 0 fully saturated rings. The average Bonchev–Trinajstić information content (AvgIpc) is 2.26. The van der Waals surface area contributed by atoms with Gasteiger partial charge in [0.25, 0.3) is 0 Å². The molecule has 84 valence electrons. The van der Waals surface area contributed by atoms with Crippen LogP contribution in [0.1, 0.15) is 18.4 Å². The fourth-order valence-corrected chi connectivity index (χ4v) is 1.53. The number of para-hydroxylation sites is 1. The van der Waals surface area contributed by atoms with Crippen molar-refractivity contribution < 1.29 is 14.9 Å². The normalized spacial score (nSPS) is 14.7. The molecule has 1 aromatic carbocycles. The fourth-order valence-electron chi connectivity index (χ4n) is 1.53. The molecule has 4 heteroatoms. The maximum atomic E-state index is 9.63. The Balaban J connectivity index is 3.07. The van der Waals surface area contributed by atoms with Crippen LogP contribution in [0, 0.1) is 0 Å². The standard InChI is InChI=1S/C11H17NO3/c1-7(10(14)6-12)8-4-3-5-9(13)11(8)15-2/h3-5,7,10,13-14H,6,12H2,1-2H3. The number of aliphatic hydroxyl groups excluding tert-OH is 1. The minimum atomic E-state index is -0.638. The van der Waals surface area contributed by atoms with Crippen molar-refractivity contribution >= 4 is 0 Å².